The third-order valence-electron chi connectivity index (χ3n) is 5.18. The Morgan fingerprint density at radius 2 is 0.917 bits per heavy atom. The number of hydrogen-bond acceptors (Lipinski definition) is 1. The number of rotatable bonds is 20. The molecule has 24 heavy (non-hydrogen) atoms. The van der Waals surface area contributed by atoms with Crippen molar-refractivity contribution in [3.8, 4) is 0 Å². The van der Waals surface area contributed by atoms with Crippen molar-refractivity contribution in [2.45, 2.75) is 130 Å². The van der Waals surface area contributed by atoms with Crippen LogP contribution in [0.4, 0.5) is 0 Å². The molecule has 0 saturated carbocycles. The molecule has 1 heteroatoms. The maximum absolute atomic E-state index is 5.99. The first kappa shape index (κ1) is 24.0. The van der Waals surface area contributed by atoms with Crippen LogP contribution in [0.5, 0.6) is 0 Å². The van der Waals surface area contributed by atoms with Crippen molar-refractivity contribution in [2.75, 3.05) is 13.2 Å². The summed E-state index contributed by atoms with van der Waals surface area (Å²) in [5.74, 6) is 0.823. The molecule has 1 atom stereocenters. The molecule has 0 spiro atoms. The molecule has 0 aromatic rings. The third kappa shape index (κ3) is 18.3. The molecule has 0 fully saturated rings. The number of hydrogen-bond donors (Lipinski definition) is 0. The van der Waals surface area contributed by atoms with Gasteiger partial charge in [-0.1, -0.05) is 111 Å². The van der Waals surface area contributed by atoms with Crippen LogP contribution in [0.1, 0.15) is 130 Å². The summed E-state index contributed by atoms with van der Waals surface area (Å²) in [6.45, 7) is 8.86. The lowest BCUT2D eigenvalue weighted by molar-refractivity contribution is 0.0881. The highest BCUT2D eigenvalue weighted by Crippen LogP contribution is 2.20. The highest BCUT2D eigenvalue weighted by Gasteiger charge is 2.09. The van der Waals surface area contributed by atoms with E-state index in [2.05, 4.69) is 20.8 Å². The topological polar surface area (TPSA) is 9.23 Å². The summed E-state index contributed by atoms with van der Waals surface area (Å²) < 4.78 is 5.99. The van der Waals surface area contributed by atoms with E-state index in [-0.39, 0.29) is 0 Å². The van der Waals surface area contributed by atoms with Crippen molar-refractivity contribution >= 4 is 0 Å². The van der Waals surface area contributed by atoms with Crippen molar-refractivity contribution < 1.29 is 4.74 Å². The number of unbranched alkanes of at least 4 members (excludes halogenated alkanes) is 12. The Hall–Kier alpha value is -0.0400. The lowest BCUT2D eigenvalue weighted by Gasteiger charge is -2.17. The van der Waals surface area contributed by atoms with Crippen LogP contribution in [0.15, 0.2) is 0 Å². The third-order valence-corrected chi connectivity index (χ3v) is 5.18. The second kappa shape index (κ2) is 21.0. The Balaban J connectivity index is 3.72. The van der Waals surface area contributed by atoms with E-state index < -0.39 is 0 Å². The number of ether oxygens (including phenoxy) is 1. The highest BCUT2D eigenvalue weighted by molar-refractivity contribution is 4.60. The first-order chi connectivity index (χ1) is 11.8. The predicted octanol–water partition coefficient (Wildman–Crippen LogP) is 8.31. The minimum atomic E-state index is 0.823. The van der Waals surface area contributed by atoms with E-state index in [1.54, 1.807) is 0 Å². The molecule has 0 radical (unpaired) electrons. The largest absolute Gasteiger partial charge is 0.381 e. The molecule has 0 aliphatic rings. The Morgan fingerprint density at radius 1 is 0.500 bits per heavy atom. The maximum Gasteiger partial charge on any atom is 0.0494 e. The van der Waals surface area contributed by atoms with Crippen LogP contribution in [0, 0.1) is 5.92 Å². The SMILES string of the molecule is CCCCCCCCCC(CCCCCCC)COCCCCC. The van der Waals surface area contributed by atoms with Crippen molar-refractivity contribution in [3.63, 3.8) is 0 Å². The zero-order valence-electron chi connectivity index (χ0n) is 17.4. The van der Waals surface area contributed by atoms with Crippen LogP contribution in [0.3, 0.4) is 0 Å². The maximum atomic E-state index is 5.99. The molecule has 0 heterocycles. The van der Waals surface area contributed by atoms with Gasteiger partial charge in [0.25, 0.3) is 0 Å². The van der Waals surface area contributed by atoms with E-state index in [0.29, 0.717) is 0 Å². The van der Waals surface area contributed by atoms with E-state index in [1.807, 2.05) is 0 Å². The van der Waals surface area contributed by atoms with Crippen LogP contribution < -0.4 is 0 Å². The molecule has 0 aliphatic heterocycles. The first-order valence-corrected chi connectivity index (χ1v) is 11.4. The zero-order valence-corrected chi connectivity index (χ0v) is 17.4. The molecule has 0 rings (SSSR count). The molecule has 0 N–H and O–H groups in total. The Labute approximate surface area is 154 Å². The van der Waals surface area contributed by atoms with Crippen molar-refractivity contribution in [1.29, 1.82) is 0 Å². The van der Waals surface area contributed by atoms with Gasteiger partial charge in [-0.2, -0.15) is 0 Å². The summed E-state index contributed by atoms with van der Waals surface area (Å²) in [5, 5.41) is 0. The van der Waals surface area contributed by atoms with Gasteiger partial charge in [-0.05, 0) is 25.2 Å². The summed E-state index contributed by atoms with van der Waals surface area (Å²) in [4.78, 5) is 0. The van der Waals surface area contributed by atoms with E-state index in [0.717, 1.165) is 19.1 Å². The molecular weight excluding hydrogens is 292 g/mol. The van der Waals surface area contributed by atoms with Crippen LogP contribution >= 0.6 is 0 Å². The summed E-state index contributed by atoms with van der Waals surface area (Å²) in [5.41, 5.74) is 0. The normalized spacial score (nSPS) is 12.6. The van der Waals surface area contributed by atoms with Crippen molar-refractivity contribution in [2.24, 2.45) is 5.92 Å². The van der Waals surface area contributed by atoms with Crippen LogP contribution in [0.25, 0.3) is 0 Å². The second-order valence-electron chi connectivity index (χ2n) is 7.76. The van der Waals surface area contributed by atoms with Crippen molar-refractivity contribution in [1.82, 2.24) is 0 Å². The Bertz CT molecular complexity index is 200. The minimum absolute atomic E-state index is 0.823. The quantitative estimate of drug-likeness (QED) is 0.202. The average Bonchev–Trinajstić information content (AvgIpc) is 2.59. The average molecular weight is 341 g/mol. The monoisotopic (exact) mass is 340 g/mol. The molecule has 0 amide bonds. The van der Waals surface area contributed by atoms with Gasteiger partial charge < -0.3 is 4.74 Å². The predicted molar refractivity (Wildman–Crippen MR) is 110 cm³/mol. The highest BCUT2D eigenvalue weighted by atomic mass is 16.5. The lowest BCUT2D eigenvalue weighted by Crippen LogP contribution is -2.11. The Kier molecular flexibility index (Phi) is 21.0. The van der Waals surface area contributed by atoms with Gasteiger partial charge >= 0.3 is 0 Å². The molecular formula is C23H48O. The second-order valence-corrected chi connectivity index (χ2v) is 7.76. The van der Waals surface area contributed by atoms with Gasteiger partial charge in [0, 0.05) is 13.2 Å². The molecule has 0 saturated heterocycles. The van der Waals surface area contributed by atoms with Gasteiger partial charge in [-0.15, -0.1) is 0 Å². The van der Waals surface area contributed by atoms with E-state index in [1.165, 1.54) is 109 Å². The molecule has 146 valence electrons. The fraction of sp³-hybridized carbons (Fsp3) is 1.00. The van der Waals surface area contributed by atoms with Gasteiger partial charge in [-0.25, -0.2) is 0 Å². The van der Waals surface area contributed by atoms with Gasteiger partial charge in [-0.3, -0.25) is 0 Å². The fourth-order valence-electron chi connectivity index (χ4n) is 3.44. The van der Waals surface area contributed by atoms with Gasteiger partial charge in [0.15, 0.2) is 0 Å². The van der Waals surface area contributed by atoms with Gasteiger partial charge in [0.2, 0.25) is 0 Å². The van der Waals surface area contributed by atoms with E-state index >= 15 is 0 Å². The zero-order chi connectivity index (χ0) is 17.7. The summed E-state index contributed by atoms with van der Waals surface area (Å²) in [7, 11) is 0. The molecule has 0 bridgehead atoms. The Morgan fingerprint density at radius 3 is 1.42 bits per heavy atom. The van der Waals surface area contributed by atoms with Crippen LogP contribution in [-0.4, -0.2) is 13.2 Å². The van der Waals surface area contributed by atoms with E-state index in [9.17, 15) is 0 Å². The van der Waals surface area contributed by atoms with Gasteiger partial charge in [0.1, 0.15) is 0 Å². The standard InChI is InChI=1S/C23H48O/c1-4-7-10-12-13-15-17-20-23(19-16-14-11-8-5-2)22-24-21-18-9-6-3/h23H,4-22H2,1-3H3. The molecule has 0 aliphatic carbocycles. The summed E-state index contributed by atoms with van der Waals surface area (Å²) in [6.07, 6.45) is 23.7. The van der Waals surface area contributed by atoms with Gasteiger partial charge in [0.05, 0.1) is 0 Å². The fourth-order valence-corrected chi connectivity index (χ4v) is 3.44. The smallest absolute Gasteiger partial charge is 0.0494 e. The molecule has 1 unspecified atom stereocenters. The molecule has 0 aromatic heterocycles. The molecule has 0 aromatic carbocycles. The lowest BCUT2D eigenvalue weighted by atomic mass is 9.95. The van der Waals surface area contributed by atoms with Crippen LogP contribution in [-0.2, 0) is 4.74 Å². The summed E-state index contributed by atoms with van der Waals surface area (Å²) >= 11 is 0. The van der Waals surface area contributed by atoms with Crippen molar-refractivity contribution in [3.05, 3.63) is 0 Å². The van der Waals surface area contributed by atoms with E-state index in [4.69, 9.17) is 4.74 Å². The minimum Gasteiger partial charge on any atom is -0.381 e. The van der Waals surface area contributed by atoms with Crippen LogP contribution in [0.2, 0.25) is 0 Å². The molecule has 1 nitrogen and oxygen atoms in total. The summed E-state index contributed by atoms with van der Waals surface area (Å²) in [6, 6.07) is 0. The first-order valence-electron chi connectivity index (χ1n) is 11.4.